The van der Waals surface area contributed by atoms with Crippen molar-refractivity contribution in [2.24, 2.45) is 0 Å². The number of benzene rings is 2. The largest absolute Gasteiger partial charge is 0.507 e. The predicted octanol–water partition coefficient (Wildman–Crippen LogP) is 3.05. The summed E-state index contributed by atoms with van der Waals surface area (Å²) in [5, 5.41) is 11.6. The molecule has 0 unspecified atom stereocenters. The van der Waals surface area contributed by atoms with Gasteiger partial charge in [0, 0.05) is 23.3 Å². The number of carbonyl (C=O) groups excluding carboxylic acids is 1. The molecule has 0 aliphatic heterocycles. The lowest BCUT2D eigenvalue weighted by Gasteiger charge is -2.17. The number of esters is 1. The van der Waals surface area contributed by atoms with E-state index in [9.17, 15) is 9.90 Å². The van der Waals surface area contributed by atoms with Gasteiger partial charge in [-0.25, -0.2) is 0 Å². The van der Waals surface area contributed by atoms with Crippen LogP contribution in [0.15, 0.2) is 18.2 Å². The van der Waals surface area contributed by atoms with Gasteiger partial charge >= 0.3 is 5.97 Å². The number of rotatable bonds is 4. The molecular weight excluding hydrogens is 272 g/mol. The highest BCUT2D eigenvalue weighted by molar-refractivity contribution is 5.99. The van der Waals surface area contributed by atoms with Crippen LogP contribution in [0.2, 0.25) is 0 Å². The van der Waals surface area contributed by atoms with Crippen molar-refractivity contribution in [1.82, 2.24) is 0 Å². The molecule has 0 aliphatic carbocycles. The van der Waals surface area contributed by atoms with Crippen LogP contribution >= 0.6 is 0 Å². The van der Waals surface area contributed by atoms with Crippen molar-refractivity contribution >= 4 is 16.7 Å². The molecule has 0 atom stereocenters. The molecule has 0 spiro atoms. The molecule has 5 heteroatoms. The third-order valence-corrected chi connectivity index (χ3v) is 3.30. The lowest BCUT2D eigenvalue weighted by molar-refractivity contribution is -0.131. The maximum absolute atomic E-state index is 11.4. The molecule has 2 aromatic carbocycles. The van der Waals surface area contributed by atoms with E-state index in [2.05, 4.69) is 0 Å². The van der Waals surface area contributed by atoms with Gasteiger partial charge in [0.15, 0.2) is 11.5 Å². The molecule has 0 aliphatic rings. The van der Waals surface area contributed by atoms with Crippen LogP contribution in [0.1, 0.15) is 19.4 Å². The first-order valence-electron chi connectivity index (χ1n) is 6.61. The normalized spacial score (nSPS) is 10.5. The van der Waals surface area contributed by atoms with Crippen molar-refractivity contribution in [2.45, 2.75) is 20.3 Å². The van der Waals surface area contributed by atoms with Crippen LogP contribution in [0.4, 0.5) is 0 Å². The summed E-state index contributed by atoms with van der Waals surface area (Å²) in [5.74, 6) is 0.969. The van der Waals surface area contributed by atoms with Crippen molar-refractivity contribution in [1.29, 1.82) is 0 Å². The van der Waals surface area contributed by atoms with Crippen LogP contribution in [0.3, 0.4) is 0 Å². The van der Waals surface area contributed by atoms with Gasteiger partial charge in [-0.3, -0.25) is 4.79 Å². The minimum absolute atomic E-state index is 0.110. The maximum Gasteiger partial charge on any atom is 0.308 e. The Labute approximate surface area is 123 Å². The Morgan fingerprint density at radius 1 is 1.14 bits per heavy atom. The highest BCUT2D eigenvalue weighted by Crippen LogP contribution is 2.46. The number of fused-ring (bicyclic) bond motifs is 1. The van der Waals surface area contributed by atoms with E-state index in [1.54, 1.807) is 25.3 Å². The molecule has 0 radical (unpaired) electrons. The first-order chi connectivity index (χ1) is 10.0. The van der Waals surface area contributed by atoms with Gasteiger partial charge in [0.1, 0.15) is 11.5 Å². The molecule has 0 saturated heterocycles. The summed E-state index contributed by atoms with van der Waals surface area (Å²) in [4.78, 5) is 11.4. The van der Waals surface area contributed by atoms with Crippen molar-refractivity contribution in [3.05, 3.63) is 23.8 Å². The fourth-order valence-corrected chi connectivity index (χ4v) is 2.36. The van der Waals surface area contributed by atoms with Gasteiger partial charge in [-0.2, -0.15) is 0 Å². The van der Waals surface area contributed by atoms with Crippen LogP contribution in [0.25, 0.3) is 10.8 Å². The van der Waals surface area contributed by atoms with Gasteiger partial charge in [0.2, 0.25) is 0 Å². The van der Waals surface area contributed by atoms with Crippen molar-refractivity contribution in [2.75, 3.05) is 14.2 Å². The lowest BCUT2D eigenvalue weighted by atomic mass is 10.0. The highest BCUT2D eigenvalue weighted by atomic mass is 16.6. The van der Waals surface area contributed by atoms with Gasteiger partial charge in [0.25, 0.3) is 0 Å². The van der Waals surface area contributed by atoms with Gasteiger partial charge in [-0.05, 0) is 24.6 Å². The van der Waals surface area contributed by atoms with Gasteiger partial charge < -0.3 is 19.3 Å². The van der Waals surface area contributed by atoms with Crippen LogP contribution in [-0.4, -0.2) is 25.3 Å². The fraction of sp³-hybridized carbons (Fsp3) is 0.312. The molecule has 2 rings (SSSR count). The second kappa shape index (κ2) is 5.91. The SMILES string of the molecule is CCc1c(OC)c(OC(C)=O)c2ccc(OC)cc2c1O. The van der Waals surface area contributed by atoms with E-state index in [1.165, 1.54) is 14.0 Å². The van der Waals surface area contributed by atoms with Crippen LogP contribution in [-0.2, 0) is 11.2 Å². The summed E-state index contributed by atoms with van der Waals surface area (Å²) in [5.41, 5.74) is 0.592. The molecule has 0 heterocycles. The second-order valence-electron chi connectivity index (χ2n) is 4.55. The van der Waals surface area contributed by atoms with Crippen molar-refractivity contribution < 1.29 is 24.1 Å². The van der Waals surface area contributed by atoms with E-state index in [0.29, 0.717) is 40.0 Å². The molecule has 1 N–H and O–H groups in total. The number of phenols is 1. The topological polar surface area (TPSA) is 65.0 Å². The number of hydrogen-bond acceptors (Lipinski definition) is 5. The van der Waals surface area contributed by atoms with E-state index in [0.717, 1.165) is 0 Å². The molecule has 0 saturated carbocycles. The van der Waals surface area contributed by atoms with E-state index >= 15 is 0 Å². The minimum Gasteiger partial charge on any atom is -0.507 e. The van der Waals surface area contributed by atoms with E-state index in [1.807, 2.05) is 6.92 Å². The Bertz CT molecular complexity index is 691. The van der Waals surface area contributed by atoms with Crippen molar-refractivity contribution in [3.63, 3.8) is 0 Å². The number of carbonyl (C=O) groups is 1. The quantitative estimate of drug-likeness (QED) is 0.692. The smallest absolute Gasteiger partial charge is 0.308 e. The first kappa shape index (κ1) is 15.0. The van der Waals surface area contributed by atoms with Gasteiger partial charge in [-0.15, -0.1) is 0 Å². The molecule has 112 valence electrons. The average molecular weight is 290 g/mol. The maximum atomic E-state index is 11.4. The average Bonchev–Trinajstić information content (AvgIpc) is 2.48. The second-order valence-corrected chi connectivity index (χ2v) is 4.55. The number of methoxy groups -OCH3 is 2. The Morgan fingerprint density at radius 3 is 2.38 bits per heavy atom. The zero-order valence-corrected chi connectivity index (χ0v) is 12.5. The summed E-state index contributed by atoms with van der Waals surface area (Å²) >= 11 is 0. The Balaban J connectivity index is 2.88. The molecule has 21 heavy (non-hydrogen) atoms. The Kier molecular flexibility index (Phi) is 4.21. The first-order valence-corrected chi connectivity index (χ1v) is 6.61. The van der Waals surface area contributed by atoms with Gasteiger partial charge in [0.05, 0.1) is 14.2 Å². The molecule has 0 bridgehead atoms. The lowest BCUT2D eigenvalue weighted by Crippen LogP contribution is -2.05. The monoisotopic (exact) mass is 290 g/mol. The highest BCUT2D eigenvalue weighted by Gasteiger charge is 2.21. The van der Waals surface area contributed by atoms with Crippen LogP contribution in [0.5, 0.6) is 23.0 Å². The summed E-state index contributed by atoms with van der Waals surface area (Å²) in [6.07, 6.45) is 0.538. The molecule has 0 fully saturated rings. The Morgan fingerprint density at radius 2 is 1.86 bits per heavy atom. The minimum atomic E-state index is -0.446. The molecular formula is C16H18O5. The fourth-order valence-electron chi connectivity index (χ4n) is 2.36. The summed E-state index contributed by atoms with van der Waals surface area (Å²) < 4.78 is 15.8. The summed E-state index contributed by atoms with van der Waals surface area (Å²) in [7, 11) is 3.03. The van der Waals surface area contributed by atoms with Crippen molar-refractivity contribution in [3.8, 4) is 23.0 Å². The van der Waals surface area contributed by atoms with Crippen LogP contribution < -0.4 is 14.2 Å². The number of phenolic OH excluding ortho intramolecular Hbond substituents is 1. The third-order valence-electron chi connectivity index (χ3n) is 3.30. The molecule has 0 amide bonds. The van der Waals surface area contributed by atoms with E-state index in [4.69, 9.17) is 14.2 Å². The molecule has 2 aromatic rings. The van der Waals surface area contributed by atoms with E-state index < -0.39 is 5.97 Å². The zero-order chi connectivity index (χ0) is 15.6. The standard InChI is InChI=1S/C16H18O5/c1-5-11-14(18)13-8-10(19-3)6-7-12(13)16(15(11)20-4)21-9(2)17/h6-8,18H,5H2,1-4H3. The third kappa shape index (κ3) is 2.59. The summed E-state index contributed by atoms with van der Waals surface area (Å²) in [6.45, 7) is 3.22. The van der Waals surface area contributed by atoms with Gasteiger partial charge in [-0.1, -0.05) is 6.92 Å². The number of hydrogen-bond donors (Lipinski definition) is 1. The zero-order valence-electron chi connectivity index (χ0n) is 12.5. The van der Waals surface area contributed by atoms with Crippen LogP contribution in [0, 0.1) is 0 Å². The number of aromatic hydroxyl groups is 1. The predicted molar refractivity (Wildman–Crippen MR) is 79.4 cm³/mol. The van der Waals surface area contributed by atoms with E-state index in [-0.39, 0.29) is 5.75 Å². The number of ether oxygens (including phenoxy) is 3. The Hall–Kier alpha value is -2.43. The summed E-state index contributed by atoms with van der Waals surface area (Å²) in [6, 6.07) is 5.17. The molecule has 5 nitrogen and oxygen atoms in total. The molecule has 0 aromatic heterocycles.